The molecule has 139 heavy (non-hydrogen) atoms. The van der Waals surface area contributed by atoms with Gasteiger partial charge in [0.2, 0.25) is 52.2 Å². The number of nitrogens with two attached hydrogens (primary N) is 5. The maximum atomic E-state index is 8.12. The van der Waals surface area contributed by atoms with E-state index in [1.165, 1.54) is 5.57 Å². The summed E-state index contributed by atoms with van der Waals surface area (Å²) in [6.07, 6.45) is 29.1. The highest BCUT2D eigenvalue weighted by atomic mass is 127. The smallest absolute Gasteiger partial charge is 0.373 e. The highest BCUT2D eigenvalue weighted by Gasteiger charge is 2.44. The Balaban J connectivity index is 0.000000131. The maximum Gasteiger partial charge on any atom is 0.373 e. The zero-order valence-electron chi connectivity index (χ0n) is 77.2. The molecule has 31 nitrogen and oxygen atoms in total. The summed E-state index contributed by atoms with van der Waals surface area (Å²) in [5.41, 5.74) is 55.3. The van der Waals surface area contributed by atoms with Gasteiger partial charge >= 0.3 is 6.15 Å². The highest BCUT2D eigenvalue weighted by Crippen LogP contribution is 2.55. The molecule has 5 unspecified atom stereocenters. The second-order valence-corrected chi connectivity index (χ2v) is 36.5. The minimum Gasteiger partial charge on any atom is -0.496 e. The first kappa shape index (κ1) is 97.8. The van der Waals surface area contributed by atoms with E-state index in [1.54, 1.807) is 51.6 Å². The standard InChI is InChI=1S/C23H24N4O2.C21H17BrN4O2S.C20H20BrN3O2.C20H18N4O2.C19H15IN4O2.CO2/c1-12(2)15-11-16(13(3)10-17(15)28-5)18-19-20(14-8-6-7-9-14)26-27-23(19)29-22(24)21(18)25-4;1-11(2)26-19(15-6-5-9-29-15)17-16(12-7-8-14(27-4)13(22)10-12)18(24-3)20(23)28-21(17)25-26;1-3-13-16(12-8-9-15(25-2)14(21)10-12)17-18(11-6-4-5-7-11)23-24-20(17)26-19(13)22;1-11-10-13(8-9-14(11)25-3)15-16-17(12-6-4-5-7-12)23-24-20(16)26-19(21)18(15)22-2;1-22-17-14(11-7-8-13(25-2)12(20)9-11)15-16(10-5-3-4-6-10)23-24-19(15)26-18(17)21;2-1-3/h6-8,10-12,18H,9,24H2,1-3,5H3,(H,26,27);5-10,16H,1,23H2,2,4H3;4-6,8-10,16H,3,7,22H2,1-2H3,(H,23,24);4-6,8-10,15H,7,21H2,1,3H3,(H,23,24);3-5,7-9,14H,6,21H2,2H3,(H,23,24);. The minimum atomic E-state index is -0.427. The summed E-state index contributed by atoms with van der Waals surface area (Å²) in [7, 11) is 8.24. The summed E-state index contributed by atoms with van der Waals surface area (Å²) in [5, 5.41) is 36.3. The third kappa shape index (κ3) is 19.2. The molecule has 0 amide bonds. The lowest BCUT2D eigenvalue weighted by Crippen LogP contribution is -2.21. The zero-order chi connectivity index (χ0) is 98.9. The fourth-order valence-electron chi connectivity index (χ4n) is 18.0. The van der Waals surface area contributed by atoms with Crippen LogP contribution in [0.5, 0.6) is 58.1 Å². The number of allylic oxidation sites excluding steroid dienone is 22. The van der Waals surface area contributed by atoms with Crippen LogP contribution in [0.15, 0.2) is 249 Å². The number of aromatic amines is 4. The van der Waals surface area contributed by atoms with Crippen molar-refractivity contribution in [1.82, 2.24) is 50.6 Å². The number of methoxy groups -OCH3 is 5. The van der Waals surface area contributed by atoms with Crippen molar-refractivity contribution in [2.24, 2.45) is 28.7 Å². The van der Waals surface area contributed by atoms with E-state index < -0.39 is 5.92 Å². The lowest BCUT2D eigenvalue weighted by atomic mass is 9.81. The number of rotatable bonds is 18. The van der Waals surface area contributed by atoms with Crippen LogP contribution in [0.4, 0.5) is 0 Å². The molecule has 4 aliphatic carbocycles. The molecule has 0 bridgehead atoms. The Labute approximate surface area is 836 Å². The minimum absolute atomic E-state index is 0.0128. The van der Waals surface area contributed by atoms with Crippen molar-refractivity contribution >= 4 is 99.9 Å². The Morgan fingerprint density at radius 2 is 0.871 bits per heavy atom. The summed E-state index contributed by atoms with van der Waals surface area (Å²) < 4.78 is 60.1. The number of benzene rings is 5. The van der Waals surface area contributed by atoms with Gasteiger partial charge in [-0.05, 0) is 240 Å². The van der Waals surface area contributed by atoms with Crippen LogP contribution in [-0.2, 0) is 9.59 Å². The largest absolute Gasteiger partial charge is 0.496 e. The van der Waals surface area contributed by atoms with E-state index >= 15 is 0 Å². The maximum absolute atomic E-state index is 8.12. The average Bonchev–Trinajstić information content (AvgIpc) is 1.59. The number of nitrogens with zero attached hydrogens (tertiary/aromatic N) is 10. The van der Waals surface area contributed by atoms with Gasteiger partial charge in [-0.3, -0.25) is 20.4 Å². The SMILES string of the molecule is CCC1=C(N)Oc2n[nH]c(C3=CC=CC3)c2C1c1ccc(OC)c(Br)c1.O=C=O.[C-]#[N+]C1=C(N)Oc2n[nH]c(C3=CC=CC3)c2C1c1cc(C(C)C)c(OC)cc1C.[C-]#[N+]C1=C(N)Oc2n[nH]c(C3=CC=CC3)c2C1c1ccc(OC)c(C)c1.[C-]#[N+]C1=C(N)Oc2n[nH]c(C3=CC=CC3)c2C1c1ccc(OC)c(I)c1.[C-]#[N+]C1=C(N)Oc2nn(C(=C)C)c(-c3cccs3)c2C1c1ccc(OC)c(Br)c1. The van der Waals surface area contributed by atoms with E-state index in [1.807, 2.05) is 135 Å². The Morgan fingerprint density at radius 1 is 0.504 bits per heavy atom. The van der Waals surface area contributed by atoms with Crippen LogP contribution >= 0.6 is 65.8 Å². The first-order valence-corrected chi connectivity index (χ1v) is 47.1. The monoisotopic (exact) mass is 2120 g/mol. The molecule has 0 fully saturated rings. The fraction of sp³-hybridized carbons (Fsp3) is 0.212. The van der Waals surface area contributed by atoms with Gasteiger partial charge in [-0.2, -0.15) is 9.59 Å². The number of fused-ring (bicyclic) bond motifs is 5. The van der Waals surface area contributed by atoms with Gasteiger partial charge in [-0.15, -0.1) is 36.8 Å². The first-order chi connectivity index (χ1) is 67.2. The summed E-state index contributed by atoms with van der Waals surface area (Å²) in [4.78, 5) is 32.1. The normalized spacial score (nSPS) is 17.3. The van der Waals surface area contributed by atoms with E-state index in [9.17, 15) is 0 Å². The number of hydrogen-bond acceptors (Lipinski definition) is 23. The van der Waals surface area contributed by atoms with Crippen LogP contribution in [0.1, 0.15) is 190 Å². The Bertz CT molecular complexity index is 7240. The molecular formula is C104H94Br2IN19O12S. The van der Waals surface area contributed by atoms with Gasteiger partial charge in [0.25, 0.3) is 0 Å². The molecule has 0 spiro atoms. The van der Waals surface area contributed by atoms with Crippen LogP contribution < -0.4 is 76.0 Å². The molecule has 11 heterocycles. The second-order valence-electron chi connectivity index (χ2n) is 32.7. The van der Waals surface area contributed by atoms with E-state index in [0.717, 1.165) is 201 Å². The Morgan fingerprint density at radius 3 is 1.23 bits per heavy atom. The summed E-state index contributed by atoms with van der Waals surface area (Å²) in [6, 6.07) is 31.8. The van der Waals surface area contributed by atoms with Crippen LogP contribution in [-0.4, -0.2) is 92.3 Å². The molecule has 5 aliphatic heterocycles. The zero-order valence-corrected chi connectivity index (χ0v) is 83.4. The Hall–Kier alpha value is -15.8. The van der Waals surface area contributed by atoms with Crippen molar-refractivity contribution < 1.29 is 57.0 Å². The number of nitrogens with one attached hydrogen (secondary N) is 4. The first-order valence-electron chi connectivity index (χ1n) is 43.5. The Kier molecular flexibility index (Phi) is 30.0. The number of H-pyrrole nitrogens is 4. The lowest BCUT2D eigenvalue weighted by Gasteiger charge is -2.27. The summed E-state index contributed by atoms with van der Waals surface area (Å²) in [6.45, 7) is 47.1. The quantitative estimate of drug-likeness (QED) is 0.0284. The fourth-order valence-corrected chi connectivity index (χ4v) is 20.6. The van der Waals surface area contributed by atoms with Crippen molar-refractivity contribution in [1.29, 1.82) is 0 Å². The molecule has 5 atom stereocenters. The van der Waals surface area contributed by atoms with Gasteiger partial charge in [0.15, 0.2) is 29.4 Å². The van der Waals surface area contributed by atoms with Crippen LogP contribution in [0, 0.1) is 43.7 Å². The van der Waals surface area contributed by atoms with Gasteiger partial charge in [-0.1, -0.05) is 143 Å². The summed E-state index contributed by atoms with van der Waals surface area (Å²) >= 11 is 11.0. The topological polar surface area (TPSA) is 407 Å². The van der Waals surface area contributed by atoms with E-state index in [-0.39, 0.29) is 59.3 Å². The molecule has 9 aliphatic rings. The van der Waals surface area contributed by atoms with Crippen molar-refractivity contribution in [3.05, 3.63) is 393 Å². The lowest BCUT2D eigenvalue weighted by molar-refractivity contribution is -0.191. The number of halogens is 3. The van der Waals surface area contributed by atoms with Gasteiger partial charge in [0.1, 0.15) is 28.7 Å². The predicted octanol–water partition coefficient (Wildman–Crippen LogP) is 21.8. The van der Waals surface area contributed by atoms with Gasteiger partial charge in [0, 0.05) is 39.4 Å². The molecular weight excluding hydrogens is 2030 g/mol. The van der Waals surface area contributed by atoms with Crippen molar-refractivity contribution in [2.75, 3.05) is 35.5 Å². The number of aromatic nitrogens is 10. The predicted molar refractivity (Wildman–Crippen MR) is 545 cm³/mol. The molecule has 11 aromatic rings. The highest BCUT2D eigenvalue weighted by molar-refractivity contribution is 14.1. The third-order valence-corrected chi connectivity index (χ3v) is 27.3. The number of thiophene rings is 1. The molecule has 0 radical (unpaired) electrons. The molecule has 14 N–H and O–H groups in total. The molecule has 20 rings (SSSR count). The van der Waals surface area contributed by atoms with E-state index in [4.69, 9.17) is 112 Å². The van der Waals surface area contributed by atoms with Gasteiger partial charge in [-0.25, -0.2) is 24.1 Å². The number of ether oxygens (including phenoxy) is 10. The molecule has 6 aromatic heterocycles. The third-order valence-electron chi connectivity index (χ3n) is 24.4. The molecule has 35 heteroatoms. The van der Waals surface area contributed by atoms with Gasteiger partial charge < -0.3 is 76.0 Å². The van der Waals surface area contributed by atoms with Gasteiger partial charge in [0.05, 0.1) is 137 Å². The number of aryl methyl sites for hydroxylation is 2. The van der Waals surface area contributed by atoms with Crippen molar-refractivity contribution in [3.8, 4) is 68.7 Å². The van der Waals surface area contributed by atoms with Crippen LogP contribution in [0.2, 0.25) is 0 Å². The molecule has 704 valence electrons. The molecule has 0 saturated carbocycles. The van der Waals surface area contributed by atoms with Crippen molar-refractivity contribution in [3.63, 3.8) is 0 Å². The van der Waals surface area contributed by atoms with E-state index in [2.05, 4.69) is 208 Å². The van der Waals surface area contributed by atoms with Crippen LogP contribution in [0.3, 0.4) is 0 Å². The van der Waals surface area contributed by atoms with E-state index in [0.29, 0.717) is 63.8 Å². The van der Waals surface area contributed by atoms with Crippen LogP contribution in [0.25, 0.3) is 57.9 Å². The second kappa shape index (κ2) is 42.7. The molecule has 0 saturated heterocycles. The summed E-state index contributed by atoms with van der Waals surface area (Å²) in [5.74, 6) is 5.78. The average molecular weight is 2120 g/mol. The number of carbonyl (C=O) groups excluding carboxylic acids is 2. The van der Waals surface area contributed by atoms with Crippen molar-refractivity contribution in [2.45, 2.75) is 109 Å². The number of hydrogen-bond donors (Lipinski definition) is 9. The molecule has 5 aromatic carbocycles.